The van der Waals surface area contributed by atoms with Gasteiger partial charge in [-0.15, -0.1) is 0 Å². The maximum absolute atomic E-state index is 12.3. The number of nitrogens with zero attached hydrogens (tertiary/aromatic N) is 4. The second-order valence-corrected chi connectivity index (χ2v) is 6.58. The first-order valence-electron chi connectivity index (χ1n) is 8.00. The van der Waals surface area contributed by atoms with Gasteiger partial charge in [-0.25, -0.2) is 4.98 Å². The smallest absolute Gasteiger partial charge is 0.238 e. The Balaban J connectivity index is 1.42. The fraction of sp³-hybridized carbons (Fsp3) is 0.235. The molecule has 0 spiro atoms. The Labute approximate surface area is 152 Å². The number of pyridine rings is 1. The Morgan fingerprint density at radius 2 is 2.19 bits per heavy atom. The summed E-state index contributed by atoms with van der Waals surface area (Å²) in [4.78, 5) is 21.8. The zero-order valence-corrected chi connectivity index (χ0v) is 15.0. The summed E-state index contributed by atoms with van der Waals surface area (Å²) in [6.45, 7) is 3.92. The molecule has 4 rings (SSSR count). The minimum absolute atomic E-state index is 0.171. The van der Waals surface area contributed by atoms with Gasteiger partial charge in [0.1, 0.15) is 4.83 Å². The van der Waals surface area contributed by atoms with Crippen LogP contribution >= 0.6 is 11.5 Å². The molecule has 1 N–H and O–H groups in total. The SMILES string of the molecule is Cc1cc(C)c2c(NC(=O)CCc3nc(-c4ccco4)no3)nsc2n1. The number of rotatable bonds is 5. The zero-order chi connectivity index (χ0) is 18.1. The van der Waals surface area contributed by atoms with Crippen molar-refractivity contribution in [3.8, 4) is 11.6 Å². The van der Waals surface area contributed by atoms with E-state index < -0.39 is 0 Å². The van der Waals surface area contributed by atoms with Crippen LogP contribution < -0.4 is 5.32 Å². The highest BCUT2D eigenvalue weighted by Crippen LogP contribution is 2.29. The summed E-state index contributed by atoms with van der Waals surface area (Å²) in [5.74, 6) is 1.64. The van der Waals surface area contributed by atoms with Gasteiger partial charge in [0.2, 0.25) is 17.6 Å². The number of furan rings is 1. The average molecular weight is 369 g/mol. The summed E-state index contributed by atoms with van der Waals surface area (Å²) in [5, 5.41) is 7.57. The molecule has 0 unspecified atom stereocenters. The summed E-state index contributed by atoms with van der Waals surface area (Å²) in [6, 6.07) is 5.46. The lowest BCUT2D eigenvalue weighted by molar-refractivity contribution is -0.116. The third-order valence-corrected chi connectivity index (χ3v) is 4.55. The fourth-order valence-corrected chi connectivity index (χ4v) is 3.50. The molecule has 0 aliphatic rings. The number of aromatic nitrogens is 4. The van der Waals surface area contributed by atoms with E-state index in [0.717, 1.165) is 21.5 Å². The molecule has 4 aromatic rings. The van der Waals surface area contributed by atoms with Crippen LogP contribution in [0, 0.1) is 13.8 Å². The molecular formula is C17H15N5O3S. The Bertz CT molecular complexity index is 1070. The van der Waals surface area contributed by atoms with Crippen molar-refractivity contribution < 1.29 is 13.7 Å². The Kier molecular flexibility index (Phi) is 4.21. The highest BCUT2D eigenvalue weighted by molar-refractivity contribution is 7.13. The van der Waals surface area contributed by atoms with Gasteiger partial charge in [-0.3, -0.25) is 4.79 Å². The van der Waals surface area contributed by atoms with E-state index in [-0.39, 0.29) is 12.3 Å². The molecular weight excluding hydrogens is 354 g/mol. The van der Waals surface area contributed by atoms with E-state index in [1.807, 2.05) is 19.9 Å². The van der Waals surface area contributed by atoms with Crippen LogP contribution in [0.4, 0.5) is 5.82 Å². The van der Waals surface area contributed by atoms with Crippen molar-refractivity contribution >= 4 is 33.5 Å². The summed E-state index contributed by atoms with van der Waals surface area (Å²) in [5.41, 5.74) is 1.97. The molecule has 0 fully saturated rings. The number of carbonyl (C=O) groups is 1. The summed E-state index contributed by atoms with van der Waals surface area (Å²) < 4.78 is 14.7. The predicted molar refractivity (Wildman–Crippen MR) is 95.8 cm³/mol. The highest BCUT2D eigenvalue weighted by Gasteiger charge is 2.15. The number of aryl methyl sites for hydroxylation is 3. The Morgan fingerprint density at radius 1 is 1.31 bits per heavy atom. The molecule has 0 atom stereocenters. The molecule has 132 valence electrons. The molecule has 0 aliphatic carbocycles. The van der Waals surface area contributed by atoms with Gasteiger partial charge >= 0.3 is 0 Å². The van der Waals surface area contributed by atoms with E-state index in [1.54, 1.807) is 12.1 Å². The van der Waals surface area contributed by atoms with E-state index >= 15 is 0 Å². The average Bonchev–Trinajstić information content (AvgIpc) is 3.33. The van der Waals surface area contributed by atoms with Crippen molar-refractivity contribution in [3.63, 3.8) is 0 Å². The lowest BCUT2D eigenvalue weighted by Gasteiger charge is -2.03. The number of hydrogen-bond acceptors (Lipinski definition) is 8. The van der Waals surface area contributed by atoms with Crippen molar-refractivity contribution in [1.82, 2.24) is 19.5 Å². The van der Waals surface area contributed by atoms with E-state index in [0.29, 0.717) is 29.7 Å². The summed E-state index contributed by atoms with van der Waals surface area (Å²) >= 11 is 1.27. The molecule has 0 aromatic carbocycles. The van der Waals surface area contributed by atoms with Crippen LogP contribution in [-0.2, 0) is 11.2 Å². The minimum atomic E-state index is -0.171. The third kappa shape index (κ3) is 3.21. The number of amides is 1. The number of hydrogen-bond donors (Lipinski definition) is 1. The molecule has 0 aliphatic heterocycles. The lowest BCUT2D eigenvalue weighted by Crippen LogP contribution is -2.13. The highest BCUT2D eigenvalue weighted by atomic mass is 32.1. The summed E-state index contributed by atoms with van der Waals surface area (Å²) in [7, 11) is 0. The standard InChI is InChI=1S/C17H15N5O3S/c1-9-8-10(2)18-17-14(9)16(22-26-17)19-12(23)5-6-13-20-15(21-25-13)11-4-3-7-24-11/h3-4,7-8H,5-6H2,1-2H3,(H,19,22,23). The van der Waals surface area contributed by atoms with Crippen LogP contribution in [0.5, 0.6) is 0 Å². The zero-order valence-electron chi connectivity index (χ0n) is 14.1. The van der Waals surface area contributed by atoms with Crippen LogP contribution in [0.15, 0.2) is 33.4 Å². The van der Waals surface area contributed by atoms with Crippen molar-refractivity contribution in [3.05, 3.63) is 41.6 Å². The number of anilines is 1. The van der Waals surface area contributed by atoms with Crippen LogP contribution in [-0.4, -0.2) is 25.4 Å². The van der Waals surface area contributed by atoms with Gasteiger partial charge in [0.05, 0.1) is 11.6 Å². The first kappa shape index (κ1) is 16.4. The molecule has 4 aromatic heterocycles. The van der Waals surface area contributed by atoms with Gasteiger partial charge in [-0.05, 0) is 49.1 Å². The minimum Gasteiger partial charge on any atom is -0.461 e. The molecule has 26 heavy (non-hydrogen) atoms. The maximum Gasteiger partial charge on any atom is 0.238 e. The first-order chi connectivity index (χ1) is 12.6. The second-order valence-electron chi connectivity index (χ2n) is 5.83. The molecule has 1 amide bonds. The fourth-order valence-electron chi connectivity index (χ4n) is 2.65. The summed E-state index contributed by atoms with van der Waals surface area (Å²) in [6.07, 6.45) is 2.07. The van der Waals surface area contributed by atoms with E-state index in [4.69, 9.17) is 8.94 Å². The number of nitrogens with one attached hydrogen (secondary N) is 1. The Morgan fingerprint density at radius 3 is 3.00 bits per heavy atom. The number of carbonyl (C=O) groups excluding carboxylic acids is 1. The van der Waals surface area contributed by atoms with Gasteiger partial charge in [0.25, 0.3) is 0 Å². The van der Waals surface area contributed by atoms with Gasteiger partial charge in [0, 0.05) is 18.5 Å². The van der Waals surface area contributed by atoms with E-state index in [1.165, 1.54) is 17.8 Å². The van der Waals surface area contributed by atoms with Crippen molar-refractivity contribution in [2.75, 3.05) is 5.32 Å². The van der Waals surface area contributed by atoms with Gasteiger partial charge in [-0.1, -0.05) is 5.16 Å². The Hall–Kier alpha value is -3.07. The van der Waals surface area contributed by atoms with E-state index in [2.05, 4.69) is 24.8 Å². The molecule has 4 heterocycles. The van der Waals surface area contributed by atoms with Crippen LogP contribution in [0.25, 0.3) is 21.8 Å². The van der Waals surface area contributed by atoms with Crippen molar-refractivity contribution in [1.29, 1.82) is 0 Å². The molecule has 9 heteroatoms. The topological polar surface area (TPSA) is 107 Å². The lowest BCUT2D eigenvalue weighted by atomic mass is 10.2. The second kappa shape index (κ2) is 6.68. The van der Waals surface area contributed by atoms with Crippen molar-refractivity contribution in [2.45, 2.75) is 26.7 Å². The van der Waals surface area contributed by atoms with E-state index in [9.17, 15) is 4.79 Å². The monoisotopic (exact) mass is 369 g/mol. The van der Waals surface area contributed by atoms with Gasteiger partial charge in [-0.2, -0.15) is 9.36 Å². The molecule has 0 saturated heterocycles. The number of fused-ring (bicyclic) bond motifs is 1. The molecule has 0 radical (unpaired) electrons. The van der Waals surface area contributed by atoms with Gasteiger partial charge < -0.3 is 14.3 Å². The molecule has 0 saturated carbocycles. The first-order valence-corrected chi connectivity index (χ1v) is 8.77. The van der Waals surface area contributed by atoms with Gasteiger partial charge in [0.15, 0.2) is 11.6 Å². The predicted octanol–water partition coefficient (Wildman–Crippen LogP) is 3.52. The molecule has 8 nitrogen and oxygen atoms in total. The quantitative estimate of drug-likeness (QED) is 0.573. The maximum atomic E-state index is 12.3. The largest absolute Gasteiger partial charge is 0.461 e. The van der Waals surface area contributed by atoms with Crippen LogP contribution in [0.3, 0.4) is 0 Å². The van der Waals surface area contributed by atoms with Crippen LogP contribution in [0.2, 0.25) is 0 Å². The third-order valence-electron chi connectivity index (χ3n) is 3.81. The van der Waals surface area contributed by atoms with Crippen LogP contribution in [0.1, 0.15) is 23.6 Å². The molecule has 0 bridgehead atoms. The van der Waals surface area contributed by atoms with Crippen molar-refractivity contribution in [2.24, 2.45) is 0 Å². The normalized spacial score (nSPS) is 11.2.